The summed E-state index contributed by atoms with van der Waals surface area (Å²) in [5.41, 5.74) is 2.57. The van der Waals surface area contributed by atoms with Crippen LogP contribution in [0, 0.1) is 19.8 Å². The Morgan fingerprint density at radius 1 is 0.925 bits per heavy atom. The van der Waals surface area contributed by atoms with Crippen molar-refractivity contribution in [2.75, 3.05) is 17.4 Å². The van der Waals surface area contributed by atoms with Gasteiger partial charge in [0.15, 0.2) is 0 Å². The smallest absolute Gasteiger partial charge is 0.264 e. The van der Waals surface area contributed by atoms with Gasteiger partial charge in [-0.1, -0.05) is 73.4 Å². The minimum absolute atomic E-state index is 0.0167. The van der Waals surface area contributed by atoms with E-state index in [2.05, 4.69) is 5.32 Å². The number of nitrogens with zero attached hydrogens (tertiary/aromatic N) is 2. The number of hydrogen-bond donors (Lipinski definition) is 1. The largest absolute Gasteiger partial charge is 0.354 e. The number of carbonyl (C=O) groups is 2. The molecule has 0 spiro atoms. The van der Waals surface area contributed by atoms with Crippen molar-refractivity contribution in [3.8, 4) is 0 Å². The first-order chi connectivity index (χ1) is 18.8. The summed E-state index contributed by atoms with van der Waals surface area (Å²) in [7, 11) is -4.13. The van der Waals surface area contributed by atoms with Crippen LogP contribution in [0.4, 0.5) is 5.69 Å². The van der Waals surface area contributed by atoms with Crippen LogP contribution < -0.4 is 9.62 Å². The highest BCUT2D eigenvalue weighted by atomic mass is 35.5. The van der Waals surface area contributed by atoms with Crippen LogP contribution in [-0.2, 0) is 26.2 Å². The summed E-state index contributed by atoms with van der Waals surface area (Å²) in [4.78, 5) is 28.5. The van der Waals surface area contributed by atoms with Crippen LogP contribution in [0.1, 0.15) is 37.5 Å². The number of rotatable bonds is 11. The Hall–Kier alpha value is -3.07. The molecular formula is C30H35Cl2N3O4S. The molecule has 1 atom stereocenters. The standard InChI is InChI=1S/C30H35Cl2N3O4S/c1-20(2)17-33-30(37)23(5)34(18-24-14-15-25(31)16-27(24)32)29(36)19-35(28-13-9-10-21(3)22(28)4)40(38,39)26-11-7-6-8-12-26/h6-16,20,23H,17-19H2,1-5H3,(H,33,37). The number of hydrogen-bond acceptors (Lipinski definition) is 4. The second kappa shape index (κ2) is 13.5. The van der Waals surface area contributed by atoms with Crippen LogP contribution in [-0.4, -0.2) is 44.3 Å². The van der Waals surface area contributed by atoms with Gasteiger partial charge in [-0.3, -0.25) is 13.9 Å². The van der Waals surface area contributed by atoms with Crippen LogP contribution in [0.25, 0.3) is 0 Å². The third kappa shape index (κ3) is 7.56. The van der Waals surface area contributed by atoms with E-state index >= 15 is 0 Å². The second-order valence-corrected chi connectivity index (χ2v) is 12.8. The molecule has 0 aliphatic carbocycles. The highest BCUT2D eigenvalue weighted by Crippen LogP contribution is 2.29. The molecule has 3 rings (SSSR count). The molecule has 0 heterocycles. The predicted octanol–water partition coefficient (Wildman–Crippen LogP) is 6.00. The highest BCUT2D eigenvalue weighted by molar-refractivity contribution is 7.92. The van der Waals surface area contributed by atoms with Gasteiger partial charge in [-0.2, -0.15) is 0 Å². The Morgan fingerprint density at radius 3 is 2.23 bits per heavy atom. The minimum Gasteiger partial charge on any atom is -0.354 e. The molecule has 3 aromatic rings. The monoisotopic (exact) mass is 603 g/mol. The van der Waals surface area contributed by atoms with Gasteiger partial charge in [0.25, 0.3) is 10.0 Å². The van der Waals surface area contributed by atoms with Gasteiger partial charge >= 0.3 is 0 Å². The molecule has 0 aliphatic rings. The van der Waals surface area contributed by atoms with E-state index in [-0.39, 0.29) is 23.3 Å². The van der Waals surface area contributed by atoms with Crippen molar-refractivity contribution in [2.45, 2.75) is 52.1 Å². The lowest BCUT2D eigenvalue weighted by molar-refractivity contribution is -0.139. The minimum atomic E-state index is -4.13. The molecule has 0 aromatic heterocycles. The number of aryl methyl sites for hydroxylation is 1. The van der Waals surface area contributed by atoms with E-state index < -0.39 is 28.5 Å². The summed E-state index contributed by atoms with van der Waals surface area (Å²) in [6.07, 6.45) is 0. The summed E-state index contributed by atoms with van der Waals surface area (Å²) in [6, 6.07) is 17.3. The fourth-order valence-corrected chi connectivity index (χ4v) is 6.07. The lowest BCUT2D eigenvalue weighted by Crippen LogP contribution is -2.51. The van der Waals surface area contributed by atoms with E-state index in [1.807, 2.05) is 33.8 Å². The van der Waals surface area contributed by atoms with Gasteiger partial charge in [-0.15, -0.1) is 0 Å². The van der Waals surface area contributed by atoms with Crippen LogP contribution in [0.2, 0.25) is 10.0 Å². The van der Waals surface area contributed by atoms with Gasteiger partial charge in [0, 0.05) is 23.1 Å². The van der Waals surface area contributed by atoms with E-state index in [0.29, 0.717) is 27.8 Å². The van der Waals surface area contributed by atoms with Crippen molar-refractivity contribution in [3.05, 3.63) is 93.5 Å². The fourth-order valence-electron chi connectivity index (χ4n) is 4.11. The Kier molecular flexibility index (Phi) is 10.6. The topological polar surface area (TPSA) is 86.8 Å². The zero-order valence-electron chi connectivity index (χ0n) is 23.3. The molecule has 3 aromatic carbocycles. The maximum Gasteiger partial charge on any atom is 0.264 e. The van der Waals surface area contributed by atoms with Gasteiger partial charge in [0.2, 0.25) is 11.8 Å². The number of sulfonamides is 1. The van der Waals surface area contributed by atoms with E-state index in [9.17, 15) is 18.0 Å². The lowest BCUT2D eigenvalue weighted by Gasteiger charge is -2.33. The van der Waals surface area contributed by atoms with Gasteiger partial charge < -0.3 is 10.2 Å². The van der Waals surface area contributed by atoms with Crippen molar-refractivity contribution < 1.29 is 18.0 Å². The van der Waals surface area contributed by atoms with E-state index in [1.165, 1.54) is 17.0 Å². The zero-order valence-corrected chi connectivity index (χ0v) is 25.6. The first-order valence-corrected chi connectivity index (χ1v) is 15.2. The molecule has 7 nitrogen and oxygen atoms in total. The fraction of sp³-hybridized carbons (Fsp3) is 0.333. The summed E-state index contributed by atoms with van der Waals surface area (Å²) >= 11 is 12.5. The van der Waals surface area contributed by atoms with E-state index in [0.717, 1.165) is 15.4 Å². The summed E-state index contributed by atoms with van der Waals surface area (Å²) in [5.74, 6) is -0.697. The van der Waals surface area contributed by atoms with Gasteiger partial charge in [-0.05, 0) is 73.7 Å². The molecule has 1 N–H and O–H groups in total. The molecular weight excluding hydrogens is 569 g/mol. The molecule has 214 valence electrons. The first-order valence-electron chi connectivity index (χ1n) is 13.0. The molecule has 0 saturated heterocycles. The molecule has 40 heavy (non-hydrogen) atoms. The molecule has 0 saturated carbocycles. The molecule has 0 fully saturated rings. The maximum absolute atomic E-state index is 14.0. The SMILES string of the molecule is Cc1cccc(N(CC(=O)N(Cc2ccc(Cl)cc2Cl)C(C)C(=O)NCC(C)C)S(=O)(=O)c2ccccc2)c1C. The van der Waals surface area contributed by atoms with E-state index in [4.69, 9.17) is 23.2 Å². The van der Waals surface area contributed by atoms with Crippen LogP contribution >= 0.6 is 23.2 Å². The summed E-state index contributed by atoms with van der Waals surface area (Å²) in [6.45, 7) is 9.15. The quantitative estimate of drug-likeness (QED) is 0.291. The van der Waals surface area contributed by atoms with Crippen LogP contribution in [0.15, 0.2) is 71.6 Å². The second-order valence-electron chi connectivity index (χ2n) is 10.1. The highest BCUT2D eigenvalue weighted by Gasteiger charge is 2.33. The Morgan fingerprint density at radius 2 is 1.60 bits per heavy atom. The van der Waals surface area contributed by atoms with Gasteiger partial charge in [0.05, 0.1) is 10.6 Å². The molecule has 0 bridgehead atoms. The predicted molar refractivity (Wildman–Crippen MR) is 161 cm³/mol. The average Bonchev–Trinajstić information content (AvgIpc) is 2.91. The lowest BCUT2D eigenvalue weighted by atomic mass is 10.1. The van der Waals surface area contributed by atoms with Crippen molar-refractivity contribution in [1.82, 2.24) is 10.2 Å². The third-order valence-electron chi connectivity index (χ3n) is 6.66. The normalized spacial score (nSPS) is 12.2. The summed E-state index contributed by atoms with van der Waals surface area (Å²) in [5, 5.41) is 3.64. The number of carbonyl (C=O) groups excluding carboxylic acids is 2. The van der Waals surface area contributed by atoms with Crippen LogP contribution in [0.3, 0.4) is 0 Å². The molecule has 1 unspecified atom stereocenters. The van der Waals surface area contributed by atoms with Crippen molar-refractivity contribution >= 4 is 50.7 Å². The Bertz CT molecular complexity index is 1460. The number of amides is 2. The molecule has 0 aliphatic heterocycles. The first kappa shape index (κ1) is 31.5. The average molecular weight is 605 g/mol. The van der Waals surface area contributed by atoms with Gasteiger partial charge in [0.1, 0.15) is 12.6 Å². The van der Waals surface area contributed by atoms with Crippen molar-refractivity contribution in [1.29, 1.82) is 0 Å². The maximum atomic E-state index is 14.0. The van der Waals surface area contributed by atoms with E-state index in [1.54, 1.807) is 55.5 Å². The molecule has 0 radical (unpaired) electrons. The number of benzene rings is 3. The molecule has 10 heteroatoms. The number of halogens is 2. The molecule has 2 amide bonds. The third-order valence-corrected chi connectivity index (χ3v) is 9.02. The zero-order chi connectivity index (χ0) is 29.6. The van der Waals surface area contributed by atoms with Crippen molar-refractivity contribution in [2.24, 2.45) is 5.92 Å². The Balaban J connectivity index is 2.07. The number of anilines is 1. The van der Waals surface area contributed by atoms with Gasteiger partial charge in [-0.25, -0.2) is 8.42 Å². The van der Waals surface area contributed by atoms with Crippen molar-refractivity contribution in [3.63, 3.8) is 0 Å². The van der Waals surface area contributed by atoms with Crippen LogP contribution in [0.5, 0.6) is 0 Å². The Labute approximate surface area is 247 Å². The number of nitrogens with one attached hydrogen (secondary N) is 1. The summed E-state index contributed by atoms with van der Waals surface area (Å²) < 4.78 is 29.0.